The van der Waals surface area contributed by atoms with E-state index in [1.165, 1.54) is 23.5 Å². The Morgan fingerprint density at radius 2 is 1.93 bits per heavy atom. The molecule has 0 saturated carbocycles. The Labute approximate surface area is 181 Å². The van der Waals surface area contributed by atoms with E-state index in [0.29, 0.717) is 17.9 Å². The van der Waals surface area contributed by atoms with Crippen LogP contribution in [0.5, 0.6) is 5.75 Å². The molecule has 2 aromatic carbocycles. The van der Waals surface area contributed by atoms with Crippen molar-refractivity contribution in [3.05, 3.63) is 81.5 Å². The van der Waals surface area contributed by atoms with Gasteiger partial charge in [0.05, 0.1) is 12.0 Å². The van der Waals surface area contributed by atoms with Crippen molar-refractivity contribution in [1.29, 1.82) is 0 Å². The SMILES string of the molecule is COc1ccc(C)cc1CN(C)C(=O)c1cccc(S(=O)(=O)NCc2cccs2)c1. The molecule has 3 rings (SSSR count). The lowest BCUT2D eigenvalue weighted by atomic mass is 10.1. The molecule has 1 amide bonds. The number of ether oxygens (including phenoxy) is 1. The predicted molar refractivity (Wildman–Crippen MR) is 118 cm³/mol. The highest BCUT2D eigenvalue weighted by atomic mass is 32.2. The van der Waals surface area contributed by atoms with Gasteiger partial charge in [0.1, 0.15) is 5.75 Å². The Hall–Kier alpha value is -2.68. The topological polar surface area (TPSA) is 75.7 Å². The molecule has 0 aliphatic carbocycles. The first kappa shape index (κ1) is 22.0. The molecule has 3 aromatic rings. The minimum absolute atomic E-state index is 0.0615. The van der Waals surface area contributed by atoms with Crippen LogP contribution in [0.3, 0.4) is 0 Å². The number of amides is 1. The van der Waals surface area contributed by atoms with Crippen LogP contribution in [0.4, 0.5) is 0 Å². The second-order valence-corrected chi connectivity index (χ2v) is 9.71. The summed E-state index contributed by atoms with van der Waals surface area (Å²) in [6, 6.07) is 15.6. The number of aryl methyl sites for hydroxylation is 1. The van der Waals surface area contributed by atoms with Gasteiger partial charge in [-0.25, -0.2) is 13.1 Å². The first-order valence-corrected chi connectivity index (χ1v) is 11.7. The van der Waals surface area contributed by atoms with Crippen molar-refractivity contribution in [2.75, 3.05) is 14.2 Å². The van der Waals surface area contributed by atoms with E-state index in [0.717, 1.165) is 16.0 Å². The average molecular weight is 445 g/mol. The molecule has 158 valence electrons. The zero-order valence-electron chi connectivity index (χ0n) is 17.1. The molecule has 0 atom stereocenters. The van der Waals surface area contributed by atoms with Gasteiger partial charge in [0.2, 0.25) is 10.0 Å². The standard InChI is InChI=1S/C22H24N2O4S2/c1-16-9-10-21(28-3)18(12-16)15-24(2)22(25)17-6-4-8-20(13-17)30(26,27)23-14-19-7-5-11-29-19/h4-13,23H,14-15H2,1-3H3. The summed E-state index contributed by atoms with van der Waals surface area (Å²) >= 11 is 1.48. The van der Waals surface area contributed by atoms with E-state index in [4.69, 9.17) is 4.74 Å². The number of hydrogen-bond acceptors (Lipinski definition) is 5. The van der Waals surface area contributed by atoms with Gasteiger partial charge in [-0.2, -0.15) is 0 Å². The first-order chi connectivity index (χ1) is 14.3. The number of carbonyl (C=O) groups excluding carboxylic acids is 1. The number of sulfonamides is 1. The van der Waals surface area contributed by atoms with E-state index in [-0.39, 0.29) is 17.3 Å². The van der Waals surface area contributed by atoms with Crippen molar-refractivity contribution in [3.8, 4) is 5.75 Å². The molecule has 8 heteroatoms. The maximum Gasteiger partial charge on any atom is 0.253 e. The highest BCUT2D eigenvalue weighted by Gasteiger charge is 2.19. The highest BCUT2D eigenvalue weighted by molar-refractivity contribution is 7.89. The van der Waals surface area contributed by atoms with E-state index in [9.17, 15) is 13.2 Å². The molecule has 0 fully saturated rings. The Bertz CT molecular complexity index is 1130. The lowest BCUT2D eigenvalue weighted by Crippen LogP contribution is -2.27. The smallest absolute Gasteiger partial charge is 0.253 e. The summed E-state index contributed by atoms with van der Waals surface area (Å²) in [5.74, 6) is 0.434. The van der Waals surface area contributed by atoms with E-state index in [1.54, 1.807) is 31.2 Å². The Balaban J connectivity index is 1.76. The lowest BCUT2D eigenvalue weighted by Gasteiger charge is -2.19. The summed E-state index contributed by atoms with van der Waals surface area (Å²) in [6.07, 6.45) is 0. The fourth-order valence-corrected chi connectivity index (χ4v) is 4.83. The fourth-order valence-electron chi connectivity index (χ4n) is 3.04. The molecule has 0 unspecified atom stereocenters. The molecule has 1 N–H and O–H groups in total. The quantitative estimate of drug-likeness (QED) is 0.573. The maximum atomic E-state index is 12.9. The zero-order chi connectivity index (χ0) is 21.7. The van der Waals surface area contributed by atoms with E-state index in [1.807, 2.05) is 42.6 Å². The van der Waals surface area contributed by atoms with Crippen molar-refractivity contribution in [2.24, 2.45) is 0 Å². The first-order valence-electron chi connectivity index (χ1n) is 9.31. The predicted octanol–water partition coefficient (Wildman–Crippen LogP) is 3.82. The van der Waals surface area contributed by atoms with Gasteiger partial charge >= 0.3 is 0 Å². The molecule has 30 heavy (non-hydrogen) atoms. The van der Waals surface area contributed by atoms with Gasteiger partial charge in [0.25, 0.3) is 5.91 Å². The monoisotopic (exact) mass is 444 g/mol. The van der Waals surface area contributed by atoms with Gasteiger partial charge in [-0.3, -0.25) is 4.79 Å². The van der Waals surface area contributed by atoms with Gasteiger partial charge in [0, 0.05) is 36.1 Å². The molecule has 1 heterocycles. The second-order valence-electron chi connectivity index (χ2n) is 6.91. The van der Waals surface area contributed by atoms with Crippen molar-refractivity contribution >= 4 is 27.3 Å². The number of benzene rings is 2. The zero-order valence-corrected chi connectivity index (χ0v) is 18.7. The number of rotatable bonds is 8. The van der Waals surface area contributed by atoms with Gasteiger partial charge in [-0.15, -0.1) is 11.3 Å². The van der Waals surface area contributed by atoms with Crippen LogP contribution in [0, 0.1) is 6.92 Å². The van der Waals surface area contributed by atoms with Crippen LogP contribution in [-0.4, -0.2) is 33.4 Å². The number of methoxy groups -OCH3 is 1. The van der Waals surface area contributed by atoms with Crippen molar-refractivity contribution in [1.82, 2.24) is 9.62 Å². The third kappa shape index (κ3) is 5.27. The van der Waals surface area contributed by atoms with Crippen LogP contribution in [0.15, 0.2) is 64.9 Å². The van der Waals surface area contributed by atoms with Crippen LogP contribution in [0.1, 0.15) is 26.4 Å². The molecule has 0 spiro atoms. The largest absolute Gasteiger partial charge is 0.496 e. The van der Waals surface area contributed by atoms with Crippen molar-refractivity contribution < 1.29 is 17.9 Å². The van der Waals surface area contributed by atoms with Crippen molar-refractivity contribution in [3.63, 3.8) is 0 Å². The fraction of sp³-hybridized carbons (Fsp3) is 0.227. The summed E-state index contributed by atoms with van der Waals surface area (Å²) in [7, 11) is -0.456. The van der Waals surface area contributed by atoms with Crippen LogP contribution in [0.25, 0.3) is 0 Å². The van der Waals surface area contributed by atoms with Crippen LogP contribution >= 0.6 is 11.3 Å². The Kier molecular flexibility index (Phi) is 6.91. The second kappa shape index (κ2) is 9.42. The van der Waals surface area contributed by atoms with E-state index < -0.39 is 10.0 Å². The van der Waals surface area contributed by atoms with Crippen LogP contribution in [0.2, 0.25) is 0 Å². The summed E-state index contributed by atoms with van der Waals surface area (Å²) in [5.41, 5.74) is 2.26. The summed E-state index contributed by atoms with van der Waals surface area (Å²) < 4.78 is 33.2. The van der Waals surface area contributed by atoms with E-state index >= 15 is 0 Å². The number of hydrogen-bond donors (Lipinski definition) is 1. The summed E-state index contributed by atoms with van der Waals surface area (Å²) in [4.78, 5) is 15.4. The highest BCUT2D eigenvalue weighted by Crippen LogP contribution is 2.22. The molecule has 0 saturated heterocycles. The van der Waals surface area contributed by atoms with Gasteiger partial charge in [-0.1, -0.05) is 29.8 Å². The number of nitrogens with zero attached hydrogens (tertiary/aromatic N) is 1. The molecule has 0 aliphatic heterocycles. The number of carbonyl (C=O) groups is 1. The van der Waals surface area contributed by atoms with Crippen LogP contribution in [-0.2, 0) is 23.1 Å². The molecule has 0 aliphatic rings. The minimum Gasteiger partial charge on any atom is -0.496 e. The van der Waals surface area contributed by atoms with Gasteiger partial charge in [0.15, 0.2) is 0 Å². The summed E-state index contributed by atoms with van der Waals surface area (Å²) in [6.45, 7) is 2.53. The number of thiophene rings is 1. The minimum atomic E-state index is -3.73. The van der Waals surface area contributed by atoms with Gasteiger partial charge < -0.3 is 9.64 Å². The molecule has 1 aromatic heterocycles. The molecule has 0 bridgehead atoms. The normalized spacial score (nSPS) is 11.3. The van der Waals surface area contributed by atoms with Crippen molar-refractivity contribution in [2.45, 2.75) is 24.9 Å². The third-order valence-electron chi connectivity index (χ3n) is 4.60. The molecule has 6 nitrogen and oxygen atoms in total. The van der Waals surface area contributed by atoms with Gasteiger partial charge in [-0.05, 0) is 42.6 Å². The third-order valence-corrected chi connectivity index (χ3v) is 6.87. The number of nitrogens with one attached hydrogen (secondary N) is 1. The lowest BCUT2D eigenvalue weighted by molar-refractivity contribution is 0.0784. The average Bonchev–Trinajstić information content (AvgIpc) is 3.26. The molecular weight excluding hydrogens is 420 g/mol. The van der Waals surface area contributed by atoms with E-state index in [2.05, 4.69) is 4.72 Å². The summed E-state index contributed by atoms with van der Waals surface area (Å²) in [5, 5.41) is 1.89. The molecule has 0 radical (unpaired) electrons. The maximum absolute atomic E-state index is 12.9. The Morgan fingerprint density at radius 1 is 1.13 bits per heavy atom. The Morgan fingerprint density at radius 3 is 2.63 bits per heavy atom. The molecular formula is C22H24N2O4S2. The van der Waals surface area contributed by atoms with Crippen LogP contribution < -0.4 is 9.46 Å².